The van der Waals surface area contributed by atoms with E-state index in [0.717, 1.165) is 25.0 Å². The van der Waals surface area contributed by atoms with Crippen molar-refractivity contribution in [2.45, 2.75) is 64.3 Å². The highest BCUT2D eigenvalue weighted by molar-refractivity contribution is 5.98. The Hall–Kier alpha value is -1.84. The van der Waals surface area contributed by atoms with Crippen LogP contribution in [0, 0.1) is 0 Å². The average Bonchev–Trinajstić information content (AvgIpc) is 2.96. The smallest absolute Gasteiger partial charge is 0.251 e. The molecule has 1 aliphatic carbocycles. The summed E-state index contributed by atoms with van der Waals surface area (Å²) in [5.74, 6) is 0.742. The molecule has 0 bridgehead atoms. The molecular weight excluding hydrogens is 290 g/mol. The van der Waals surface area contributed by atoms with Gasteiger partial charge in [-0.3, -0.25) is 9.59 Å². The van der Waals surface area contributed by atoms with Crippen molar-refractivity contribution in [1.29, 1.82) is 0 Å². The van der Waals surface area contributed by atoms with Crippen molar-refractivity contribution in [2.75, 3.05) is 6.61 Å². The van der Waals surface area contributed by atoms with Gasteiger partial charge >= 0.3 is 0 Å². The Balaban J connectivity index is 1.73. The molecule has 4 nitrogen and oxygen atoms in total. The molecule has 0 heterocycles. The van der Waals surface area contributed by atoms with E-state index in [9.17, 15) is 9.59 Å². The SMILES string of the molecule is CCCCCCCOc1ccc(C(=O)N[C@@H]2CCCC2=O)cc1. The van der Waals surface area contributed by atoms with Crippen LogP contribution in [-0.2, 0) is 4.79 Å². The lowest BCUT2D eigenvalue weighted by molar-refractivity contribution is -0.118. The van der Waals surface area contributed by atoms with Crippen LogP contribution in [0.3, 0.4) is 0 Å². The van der Waals surface area contributed by atoms with Gasteiger partial charge in [0, 0.05) is 12.0 Å². The van der Waals surface area contributed by atoms with Crippen LogP contribution in [0.2, 0.25) is 0 Å². The Morgan fingerprint density at radius 1 is 1.17 bits per heavy atom. The van der Waals surface area contributed by atoms with Crippen molar-refractivity contribution in [1.82, 2.24) is 5.32 Å². The van der Waals surface area contributed by atoms with E-state index < -0.39 is 0 Å². The summed E-state index contributed by atoms with van der Waals surface area (Å²) >= 11 is 0. The summed E-state index contributed by atoms with van der Waals surface area (Å²) < 4.78 is 5.69. The lowest BCUT2D eigenvalue weighted by atomic mass is 10.1. The van der Waals surface area contributed by atoms with Gasteiger partial charge in [0.1, 0.15) is 5.75 Å². The number of nitrogens with one attached hydrogen (secondary N) is 1. The minimum absolute atomic E-state index is 0.140. The van der Waals surface area contributed by atoms with Gasteiger partial charge in [-0.2, -0.15) is 0 Å². The number of benzene rings is 1. The van der Waals surface area contributed by atoms with Crippen molar-refractivity contribution in [3.8, 4) is 5.75 Å². The number of hydrogen-bond acceptors (Lipinski definition) is 3. The third-order valence-corrected chi connectivity index (χ3v) is 4.24. The molecule has 1 saturated carbocycles. The van der Waals surface area contributed by atoms with Crippen molar-refractivity contribution >= 4 is 11.7 Å². The van der Waals surface area contributed by atoms with Gasteiger partial charge in [0.2, 0.25) is 0 Å². The molecule has 1 fully saturated rings. The Morgan fingerprint density at radius 3 is 2.57 bits per heavy atom. The zero-order valence-corrected chi connectivity index (χ0v) is 14.0. The number of rotatable bonds is 9. The fraction of sp³-hybridized carbons (Fsp3) is 0.579. The molecular formula is C19H27NO3. The highest BCUT2D eigenvalue weighted by Gasteiger charge is 2.25. The van der Waals surface area contributed by atoms with Crippen LogP contribution >= 0.6 is 0 Å². The molecule has 1 amide bonds. The first-order chi connectivity index (χ1) is 11.2. The summed E-state index contributed by atoms with van der Waals surface area (Å²) in [4.78, 5) is 23.7. The van der Waals surface area contributed by atoms with E-state index in [1.54, 1.807) is 12.1 Å². The maximum Gasteiger partial charge on any atom is 0.251 e. The summed E-state index contributed by atoms with van der Waals surface area (Å²) in [6.45, 7) is 2.92. The van der Waals surface area contributed by atoms with Gasteiger partial charge in [0.15, 0.2) is 5.78 Å². The summed E-state index contributed by atoms with van der Waals surface area (Å²) in [6, 6.07) is 6.83. The van der Waals surface area contributed by atoms with Crippen LogP contribution in [0.25, 0.3) is 0 Å². The van der Waals surface area contributed by atoms with Crippen LogP contribution < -0.4 is 10.1 Å². The molecule has 1 aromatic rings. The van der Waals surface area contributed by atoms with Gasteiger partial charge in [-0.1, -0.05) is 32.6 Å². The number of Topliss-reactive ketones (excluding diaryl/α,β-unsaturated/α-hetero) is 1. The second-order valence-electron chi connectivity index (χ2n) is 6.17. The molecule has 0 radical (unpaired) electrons. The number of amides is 1. The summed E-state index contributed by atoms with van der Waals surface area (Å²) in [6.07, 6.45) is 8.26. The predicted molar refractivity (Wildman–Crippen MR) is 90.8 cm³/mol. The lowest BCUT2D eigenvalue weighted by Gasteiger charge is -2.11. The van der Waals surface area contributed by atoms with Gasteiger partial charge in [0.25, 0.3) is 5.91 Å². The van der Waals surface area contributed by atoms with E-state index in [1.807, 2.05) is 12.1 Å². The van der Waals surface area contributed by atoms with Gasteiger partial charge in [-0.05, 0) is 43.5 Å². The van der Waals surface area contributed by atoms with E-state index in [-0.39, 0.29) is 17.7 Å². The first kappa shape index (κ1) is 17.5. The van der Waals surface area contributed by atoms with Crippen molar-refractivity contribution < 1.29 is 14.3 Å². The van der Waals surface area contributed by atoms with E-state index in [0.29, 0.717) is 18.6 Å². The molecule has 0 aromatic heterocycles. The molecule has 0 aliphatic heterocycles. The zero-order chi connectivity index (χ0) is 16.5. The maximum atomic E-state index is 12.1. The third kappa shape index (κ3) is 5.70. The topological polar surface area (TPSA) is 55.4 Å². The van der Waals surface area contributed by atoms with Crippen LogP contribution in [-0.4, -0.2) is 24.3 Å². The van der Waals surface area contributed by atoms with Gasteiger partial charge in [-0.15, -0.1) is 0 Å². The molecule has 0 spiro atoms. The van der Waals surface area contributed by atoms with Crippen molar-refractivity contribution in [2.24, 2.45) is 0 Å². The molecule has 0 unspecified atom stereocenters. The zero-order valence-electron chi connectivity index (χ0n) is 14.0. The second-order valence-corrected chi connectivity index (χ2v) is 6.17. The van der Waals surface area contributed by atoms with Crippen molar-refractivity contribution in [3.63, 3.8) is 0 Å². The number of carbonyl (C=O) groups excluding carboxylic acids is 2. The molecule has 1 atom stereocenters. The van der Waals surface area contributed by atoms with Crippen molar-refractivity contribution in [3.05, 3.63) is 29.8 Å². The largest absolute Gasteiger partial charge is 0.494 e. The number of carbonyl (C=O) groups is 2. The summed E-state index contributed by atoms with van der Waals surface area (Å²) in [5, 5.41) is 2.81. The van der Waals surface area contributed by atoms with Crippen LogP contribution in [0.5, 0.6) is 5.75 Å². The minimum Gasteiger partial charge on any atom is -0.494 e. The molecule has 1 aliphatic rings. The highest BCUT2D eigenvalue weighted by atomic mass is 16.5. The number of ether oxygens (including phenoxy) is 1. The van der Waals surface area contributed by atoms with Crippen LogP contribution in [0.4, 0.5) is 0 Å². The summed E-state index contributed by atoms with van der Waals surface area (Å²) in [7, 11) is 0. The van der Waals surface area contributed by atoms with E-state index in [2.05, 4.69) is 12.2 Å². The minimum atomic E-state index is -0.304. The quantitative estimate of drug-likeness (QED) is 0.703. The Morgan fingerprint density at radius 2 is 1.91 bits per heavy atom. The maximum absolute atomic E-state index is 12.1. The first-order valence-corrected chi connectivity index (χ1v) is 8.77. The first-order valence-electron chi connectivity index (χ1n) is 8.77. The fourth-order valence-electron chi connectivity index (χ4n) is 2.81. The number of ketones is 1. The molecule has 126 valence electrons. The Labute approximate surface area is 138 Å². The Bertz CT molecular complexity index is 510. The van der Waals surface area contributed by atoms with E-state index >= 15 is 0 Å². The van der Waals surface area contributed by atoms with Gasteiger partial charge < -0.3 is 10.1 Å². The average molecular weight is 317 g/mol. The highest BCUT2D eigenvalue weighted by Crippen LogP contribution is 2.16. The van der Waals surface area contributed by atoms with E-state index in [1.165, 1.54) is 25.7 Å². The van der Waals surface area contributed by atoms with Crippen LogP contribution in [0.1, 0.15) is 68.6 Å². The molecule has 1 aromatic carbocycles. The molecule has 2 rings (SSSR count). The van der Waals surface area contributed by atoms with Crippen LogP contribution in [0.15, 0.2) is 24.3 Å². The lowest BCUT2D eigenvalue weighted by Crippen LogP contribution is -2.37. The third-order valence-electron chi connectivity index (χ3n) is 4.24. The van der Waals surface area contributed by atoms with E-state index in [4.69, 9.17) is 4.74 Å². The molecule has 23 heavy (non-hydrogen) atoms. The van der Waals surface area contributed by atoms with Gasteiger partial charge in [0.05, 0.1) is 12.6 Å². The molecule has 0 saturated heterocycles. The monoisotopic (exact) mass is 317 g/mol. The fourth-order valence-corrected chi connectivity index (χ4v) is 2.81. The summed E-state index contributed by atoms with van der Waals surface area (Å²) in [5.41, 5.74) is 0.569. The standard InChI is InChI=1S/C19H27NO3/c1-2-3-4-5-6-14-23-16-12-10-15(11-13-16)19(22)20-17-8-7-9-18(17)21/h10-13,17H,2-9,14H2,1H3,(H,20,22)/t17-/m1/s1. The molecule has 4 heteroatoms. The number of unbranched alkanes of at least 4 members (excludes halogenated alkanes) is 4. The number of hydrogen-bond donors (Lipinski definition) is 1. The second kappa shape index (κ2) is 9.33. The normalized spacial score (nSPS) is 17.3. The van der Waals surface area contributed by atoms with Gasteiger partial charge in [-0.25, -0.2) is 0 Å². The molecule has 1 N–H and O–H groups in total. The predicted octanol–water partition coefficient (Wildman–Crippen LogP) is 3.89. The Kier molecular flexibility index (Phi) is 7.11.